The minimum atomic E-state index is -0.751. The van der Waals surface area contributed by atoms with Crippen LogP contribution in [0.2, 0.25) is 0 Å². The molecule has 7 fully saturated rings. The van der Waals surface area contributed by atoms with Crippen LogP contribution in [0, 0.1) is 58.0 Å². The van der Waals surface area contributed by atoms with Gasteiger partial charge in [0.1, 0.15) is 65.2 Å². The van der Waals surface area contributed by atoms with Crippen molar-refractivity contribution in [1.29, 1.82) is 0 Å². The Bertz CT molecular complexity index is 3200. The number of hydrogen-bond acceptors (Lipinski definition) is 18. The lowest BCUT2D eigenvalue weighted by Gasteiger charge is -2.47. The number of likely N-dealkylation sites (N-methyl/N-ethyl adjacent to an activating group) is 5. The summed E-state index contributed by atoms with van der Waals surface area (Å²) in [5.41, 5.74) is 0.916. The second-order valence-corrected chi connectivity index (χ2v) is 33.7. The summed E-state index contributed by atoms with van der Waals surface area (Å²) in [7, 11) is 12.8. The number of rotatable bonds is 24. The fraction of sp³-hybridized carbons (Fsp3) is 0.753. The van der Waals surface area contributed by atoms with E-state index >= 15 is 0 Å². The lowest BCUT2D eigenvalue weighted by atomic mass is 9.62. The SMILES string of the molecule is C.CC(=O)C1(C2CCCCC2)CCN(C(=O)[C@@H](Cc2ccc(F)cc2)NC(=O)[C@@H]2CN(C)C(C(C)C)CN2C)CC1.CC(=O)C1(C2CCCCC2)CCN(C(=O)[C@@H](Cc2ccc(F)cc2)NC(=O)[C@@H]2CNC(C(C)C)CN2C)CC1.CCC(NCC(=O)C(C)C)C(=O)OC.COC(=O)C1CN(C)C(C(C)C)CN1C. The summed E-state index contributed by atoms with van der Waals surface area (Å²) in [5.74, 6) is 1.26. The van der Waals surface area contributed by atoms with Crippen LogP contribution in [0.1, 0.15) is 191 Å². The Morgan fingerprint density at radius 2 is 0.890 bits per heavy atom. The van der Waals surface area contributed by atoms with Crippen molar-refractivity contribution in [3.8, 4) is 0 Å². The first-order valence-electron chi connectivity index (χ1n) is 40.5. The van der Waals surface area contributed by atoms with Crippen LogP contribution >= 0.6 is 0 Å². The number of ketones is 3. The van der Waals surface area contributed by atoms with Gasteiger partial charge in [0.15, 0.2) is 0 Å². The third kappa shape index (κ3) is 25.9. The summed E-state index contributed by atoms with van der Waals surface area (Å²) < 4.78 is 36.5. The van der Waals surface area contributed by atoms with Crippen molar-refractivity contribution in [2.24, 2.45) is 46.3 Å². The molecule has 5 unspecified atom stereocenters. The molecular formula is C85H141F2N11O11. The molecule has 2 aliphatic carbocycles. The second kappa shape index (κ2) is 44.3. The lowest BCUT2D eigenvalue weighted by Crippen LogP contribution is -2.63. The molecule has 5 aliphatic heterocycles. The molecule has 22 nitrogen and oxygen atoms in total. The number of benzene rings is 2. The fourth-order valence-corrected chi connectivity index (χ4v) is 17.7. The van der Waals surface area contributed by atoms with Crippen LogP contribution in [0.25, 0.3) is 0 Å². The molecule has 2 saturated carbocycles. The van der Waals surface area contributed by atoms with Crippen LogP contribution in [0.3, 0.4) is 0 Å². The second-order valence-electron chi connectivity index (χ2n) is 33.7. The molecule has 5 saturated heterocycles. The predicted octanol–water partition coefficient (Wildman–Crippen LogP) is 9.28. The predicted molar refractivity (Wildman–Crippen MR) is 426 cm³/mol. The number of carbonyl (C=O) groups excluding carboxylic acids is 9. The van der Waals surface area contributed by atoms with Crippen molar-refractivity contribution >= 4 is 52.9 Å². The highest BCUT2D eigenvalue weighted by Crippen LogP contribution is 2.48. The molecule has 616 valence electrons. The number of halogens is 2. The quantitative estimate of drug-likeness (QED) is 0.0716. The third-order valence-corrected chi connectivity index (χ3v) is 25.2. The Labute approximate surface area is 653 Å². The summed E-state index contributed by atoms with van der Waals surface area (Å²) >= 11 is 0. The number of piperazine rings is 3. The Morgan fingerprint density at radius 3 is 1.24 bits per heavy atom. The van der Waals surface area contributed by atoms with Gasteiger partial charge in [-0.25, -0.2) is 8.78 Å². The number of Topliss-reactive ketones (excluding diaryl/α,β-unsaturated/α-hetero) is 3. The molecule has 2 aromatic carbocycles. The summed E-state index contributed by atoms with van der Waals surface area (Å²) in [4.78, 5) is 129. The van der Waals surface area contributed by atoms with E-state index < -0.39 is 12.1 Å². The fourth-order valence-electron chi connectivity index (χ4n) is 17.7. The first kappa shape index (κ1) is 93.4. The van der Waals surface area contributed by atoms with Gasteiger partial charge < -0.3 is 35.2 Å². The van der Waals surface area contributed by atoms with E-state index in [0.717, 1.165) is 63.0 Å². The van der Waals surface area contributed by atoms with Gasteiger partial charge in [0.2, 0.25) is 23.6 Å². The molecule has 4 amide bonds. The monoisotopic (exact) mass is 1530 g/mol. The number of hydrogen-bond donors (Lipinski definition) is 4. The minimum Gasteiger partial charge on any atom is -0.468 e. The first-order chi connectivity index (χ1) is 51.1. The molecule has 0 bridgehead atoms. The Morgan fingerprint density at radius 1 is 0.505 bits per heavy atom. The third-order valence-electron chi connectivity index (χ3n) is 25.2. The summed E-state index contributed by atoms with van der Waals surface area (Å²) in [6.07, 6.45) is 15.5. The largest absolute Gasteiger partial charge is 0.468 e. The zero-order valence-corrected chi connectivity index (χ0v) is 69.0. The van der Waals surface area contributed by atoms with E-state index in [2.05, 4.69) is 106 Å². The van der Waals surface area contributed by atoms with E-state index in [4.69, 9.17) is 4.74 Å². The molecule has 5 heterocycles. The number of amides is 4. The van der Waals surface area contributed by atoms with Crippen molar-refractivity contribution in [3.05, 3.63) is 71.3 Å². The maximum Gasteiger partial charge on any atom is 0.324 e. The van der Waals surface area contributed by atoms with E-state index in [0.29, 0.717) is 132 Å². The van der Waals surface area contributed by atoms with Crippen molar-refractivity contribution in [3.63, 3.8) is 0 Å². The number of nitrogens with zero attached hydrogens (tertiary/aromatic N) is 7. The highest BCUT2D eigenvalue weighted by Gasteiger charge is 2.49. The lowest BCUT2D eigenvalue weighted by molar-refractivity contribution is -0.150. The summed E-state index contributed by atoms with van der Waals surface area (Å²) in [5, 5.41) is 12.5. The number of carbonyl (C=O) groups is 9. The Kier molecular flexibility index (Phi) is 38.0. The molecular weight excluding hydrogens is 1390 g/mol. The standard InChI is InChI=1S/C32H49FN4O3.C31H47FN4O3.C11H22N2O2.C10H19NO3.CH4/c1-22(2)28-20-36(5)29(21-35(28)4)30(39)34-27(19-24-11-13-26(33)14-12-24)31(40)37-17-15-32(16-18-37,23(3)38)25-9-7-6-8-10-25;1-21(2)27-20-35(4)28(19-33-27)29(38)34-26(18-23-10-12-25(32)13-11-23)30(39)36-16-14-31(15-17-36,22(3)37)24-8-6-5-7-9-24;1-8(2)9-6-13(4)10(7-12(9)3)11(14)15-5;1-5-8(10(13)14-4)11-6-9(12)7(2)3;/h11-14,22,25,27-29H,6-10,15-21H2,1-5H3,(H,34,39);10-13,21,24,26-28,33H,5-9,14-20H2,1-4H3,(H,34,38);8-10H,6-7H2,1-5H3;7-8,11H,5-6H2,1-4H3;1H4/t27-,28?,29+;26-,27?,28+;;;/m11.../s1. The number of methoxy groups -OCH3 is 2. The van der Waals surface area contributed by atoms with Gasteiger partial charge in [0, 0.05) is 113 Å². The molecule has 9 atom stereocenters. The minimum absolute atomic E-state index is 0. The van der Waals surface area contributed by atoms with Gasteiger partial charge in [0.05, 0.1) is 20.8 Å². The molecule has 109 heavy (non-hydrogen) atoms. The molecule has 0 aromatic heterocycles. The van der Waals surface area contributed by atoms with E-state index in [1.54, 1.807) is 38.1 Å². The number of piperidine rings is 2. The summed E-state index contributed by atoms with van der Waals surface area (Å²) in [6.45, 7) is 28.8. The highest BCUT2D eigenvalue weighted by atomic mass is 19.1. The van der Waals surface area contributed by atoms with Crippen LogP contribution in [0.5, 0.6) is 0 Å². The van der Waals surface area contributed by atoms with Crippen molar-refractivity contribution in [1.82, 2.24) is 55.6 Å². The molecule has 9 rings (SSSR count). The average molecular weight is 1530 g/mol. The Balaban J connectivity index is 0.000000286. The van der Waals surface area contributed by atoms with Crippen LogP contribution in [0.4, 0.5) is 8.78 Å². The maximum absolute atomic E-state index is 14.0. The van der Waals surface area contributed by atoms with Gasteiger partial charge in [-0.15, -0.1) is 0 Å². The molecule has 4 N–H and O–H groups in total. The van der Waals surface area contributed by atoms with Crippen LogP contribution in [0.15, 0.2) is 48.5 Å². The van der Waals surface area contributed by atoms with Gasteiger partial charge in [-0.2, -0.15) is 0 Å². The Hall–Kier alpha value is -6.15. The molecule has 0 radical (unpaired) electrons. The van der Waals surface area contributed by atoms with E-state index in [9.17, 15) is 51.9 Å². The number of ether oxygens (including phenoxy) is 2. The smallest absolute Gasteiger partial charge is 0.324 e. The van der Waals surface area contributed by atoms with E-state index in [1.165, 1.54) is 77.0 Å². The number of nitrogens with one attached hydrogen (secondary N) is 4. The molecule has 0 spiro atoms. The maximum atomic E-state index is 14.0. The van der Waals surface area contributed by atoms with Crippen LogP contribution in [-0.4, -0.2) is 263 Å². The van der Waals surface area contributed by atoms with E-state index in [1.807, 2.05) is 51.7 Å². The summed E-state index contributed by atoms with van der Waals surface area (Å²) in [6, 6.07) is 10.7. The zero-order valence-electron chi connectivity index (χ0n) is 69.0. The topological polar surface area (TPSA) is 243 Å². The molecule has 7 aliphatic rings. The number of likely N-dealkylation sites (tertiary alicyclic amines) is 2. The highest BCUT2D eigenvalue weighted by molar-refractivity contribution is 5.92. The average Bonchev–Trinajstić information content (AvgIpc) is 0.782. The number of esters is 2. The van der Waals surface area contributed by atoms with Gasteiger partial charge in [-0.3, -0.25) is 73.0 Å². The van der Waals surface area contributed by atoms with Crippen LogP contribution < -0.4 is 21.3 Å². The van der Waals surface area contributed by atoms with Gasteiger partial charge >= 0.3 is 11.9 Å². The first-order valence-corrected chi connectivity index (χ1v) is 40.5. The normalized spacial score (nSPS) is 24.1. The van der Waals surface area contributed by atoms with E-state index in [-0.39, 0.29) is 119 Å². The van der Waals surface area contributed by atoms with Crippen molar-refractivity contribution in [2.45, 2.75) is 247 Å². The van der Waals surface area contributed by atoms with Crippen molar-refractivity contribution < 1.29 is 61.4 Å². The molecule has 2 aromatic rings. The zero-order chi connectivity index (χ0) is 79.9. The van der Waals surface area contributed by atoms with Gasteiger partial charge in [0.25, 0.3) is 0 Å². The van der Waals surface area contributed by atoms with Crippen molar-refractivity contribution in [2.75, 3.05) is 121 Å². The van der Waals surface area contributed by atoms with Crippen LogP contribution in [-0.2, 0) is 65.5 Å². The molecule has 24 heteroatoms. The van der Waals surface area contributed by atoms with Gasteiger partial charge in [-0.1, -0.05) is 133 Å². The van der Waals surface area contributed by atoms with Gasteiger partial charge in [-0.05, 0) is 172 Å².